The molecule has 5 nitrogen and oxygen atoms in total. The molecule has 0 fully saturated rings. The highest BCUT2D eigenvalue weighted by molar-refractivity contribution is 5.94. The van der Waals surface area contributed by atoms with Gasteiger partial charge in [-0.15, -0.1) is 0 Å². The van der Waals surface area contributed by atoms with Crippen LogP contribution in [-0.2, 0) is 0 Å². The number of hydrogen-bond donors (Lipinski definition) is 1. The molecule has 2 aromatic rings. The molecule has 0 saturated heterocycles. The van der Waals surface area contributed by atoms with E-state index in [2.05, 4.69) is 9.97 Å². The van der Waals surface area contributed by atoms with Gasteiger partial charge in [-0.05, 0) is 24.3 Å². The molecule has 0 spiro atoms. The zero-order valence-electron chi connectivity index (χ0n) is 9.12. The van der Waals surface area contributed by atoms with Crippen molar-refractivity contribution in [3.8, 4) is 17.0 Å². The Morgan fingerprint density at radius 2 is 1.94 bits per heavy atom. The topological polar surface area (TPSA) is 72.3 Å². The van der Waals surface area contributed by atoms with Crippen LogP contribution in [0.15, 0.2) is 36.7 Å². The smallest absolute Gasteiger partial charge is 0.355 e. The first-order valence-corrected chi connectivity index (χ1v) is 4.91. The van der Waals surface area contributed by atoms with E-state index in [1.165, 1.54) is 13.3 Å². The molecule has 2 heterocycles. The third-order valence-corrected chi connectivity index (χ3v) is 2.26. The fourth-order valence-corrected chi connectivity index (χ4v) is 1.52. The van der Waals surface area contributed by atoms with Gasteiger partial charge >= 0.3 is 5.97 Å². The van der Waals surface area contributed by atoms with Crippen LogP contribution in [0.1, 0.15) is 10.5 Å². The maximum atomic E-state index is 11.1. The Morgan fingerprint density at radius 1 is 1.24 bits per heavy atom. The van der Waals surface area contributed by atoms with Gasteiger partial charge in [-0.25, -0.2) is 9.78 Å². The summed E-state index contributed by atoms with van der Waals surface area (Å²) < 4.78 is 5.15. The molecule has 17 heavy (non-hydrogen) atoms. The molecule has 2 aromatic heterocycles. The van der Waals surface area contributed by atoms with E-state index in [0.29, 0.717) is 17.0 Å². The van der Waals surface area contributed by atoms with Gasteiger partial charge in [-0.2, -0.15) is 0 Å². The van der Waals surface area contributed by atoms with E-state index in [4.69, 9.17) is 9.84 Å². The molecule has 0 atom stereocenters. The molecule has 1 N–H and O–H groups in total. The third-order valence-electron chi connectivity index (χ3n) is 2.26. The predicted molar refractivity (Wildman–Crippen MR) is 61.0 cm³/mol. The highest BCUT2D eigenvalue weighted by Gasteiger charge is 2.16. The molecule has 0 amide bonds. The summed E-state index contributed by atoms with van der Waals surface area (Å²) in [5.41, 5.74) is 0.877. The van der Waals surface area contributed by atoms with Crippen LogP contribution in [0.5, 0.6) is 5.75 Å². The molecule has 0 aromatic carbocycles. The van der Waals surface area contributed by atoms with Crippen molar-refractivity contribution >= 4 is 5.97 Å². The van der Waals surface area contributed by atoms with Crippen molar-refractivity contribution in [1.82, 2.24) is 9.97 Å². The normalized spacial score (nSPS) is 9.94. The standard InChI is InChI=1S/C12H10N2O3/c1-17-9-5-3-7-13-10(9)8-4-2-6-14-11(8)12(15)16/h2-7H,1H3,(H,15,16). The second kappa shape index (κ2) is 4.61. The molecule has 0 radical (unpaired) electrons. The molecule has 5 heteroatoms. The van der Waals surface area contributed by atoms with Crippen molar-refractivity contribution in [3.63, 3.8) is 0 Å². The first kappa shape index (κ1) is 11.1. The number of aromatic carboxylic acids is 1. The van der Waals surface area contributed by atoms with Crippen molar-refractivity contribution in [2.45, 2.75) is 0 Å². The summed E-state index contributed by atoms with van der Waals surface area (Å²) in [6.07, 6.45) is 3.01. The fourth-order valence-electron chi connectivity index (χ4n) is 1.52. The monoisotopic (exact) mass is 230 g/mol. The van der Waals surface area contributed by atoms with Gasteiger partial charge in [-0.3, -0.25) is 4.98 Å². The van der Waals surface area contributed by atoms with Crippen LogP contribution in [-0.4, -0.2) is 28.2 Å². The maximum Gasteiger partial charge on any atom is 0.355 e. The Hall–Kier alpha value is -2.43. The molecule has 0 aliphatic rings. The number of nitrogens with zero attached hydrogens (tertiary/aromatic N) is 2. The number of rotatable bonds is 3. The Bertz CT molecular complexity index is 555. The third kappa shape index (κ3) is 2.08. The largest absolute Gasteiger partial charge is 0.494 e. The Labute approximate surface area is 97.7 Å². The van der Waals surface area contributed by atoms with Gasteiger partial charge in [0.1, 0.15) is 11.4 Å². The lowest BCUT2D eigenvalue weighted by Crippen LogP contribution is -2.04. The number of pyridine rings is 2. The van der Waals surface area contributed by atoms with Crippen molar-refractivity contribution in [2.24, 2.45) is 0 Å². The number of methoxy groups -OCH3 is 1. The number of carboxylic acid groups (broad SMARTS) is 1. The van der Waals surface area contributed by atoms with E-state index >= 15 is 0 Å². The second-order valence-corrected chi connectivity index (χ2v) is 3.26. The van der Waals surface area contributed by atoms with Gasteiger partial charge in [-0.1, -0.05) is 0 Å². The van der Waals surface area contributed by atoms with Crippen molar-refractivity contribution < 1.29 is 14.6 Å². The number of hydrogen-bond acceptors (Lipinski definition) is 4. The van der Waals surface area contributed by atoms with Crippen LogP contribution >= 0.6 is 0 Å². The van der Waals surface area contributed by atoms with Crippen molar-refractivity contribution in [3.05, 3.63) is 42.4 Å². The summed E-state index contributed by atoms with van der Waals surface area (Å²) in [6, 6.07) is 6.76. The molecule has 0 saturated carbocycles. The molecule has 86 valence electrons. The van der Waals surface area contributed by atoms with E-state index in [1.807, 2.05) is 0 Å². The number of aromatic nitrogens is 2. The van der Waals surface area contributed by atoms with Gasteiger partial charge in [0.15, 0.2) is 5.69 Å². The lowest BCUT2D eigenvalue weighted by atomic mass is 10.1. The van der Waals surface area contributed by atoms with Crippen LogP contribution < -0.4 is 4.74 Å². The summed E-state index contributed by atoms with van der Waals surface area (Å²) in [6.45, 7) is 0. The molecule has 0 aliphatic carbocycles. The Kier molecular flexibility index (Phi) is 3.00. The van der Waals surface area contributed by atoms with E-state index in [-0.39, 0.29) is 5.69 Å². The minimum Gasteiger partial charge on any atom is -0.494 e. The lowest BCUT2D eigenvalue weighted by Gasteiger charge is -2.08. The van der Waals surface area contributed by atoms with Gasteiger partial charge in [0.05, 0.1) is 7.11 Å². The minimum atomic E-state index is -1.09. The Balaban J connectivity index is 2.64. The zero-order chi connectivity index (χ0) is 12.3. The van der Waals surface area contributed by atoms with E-state index in [1.54, 1.807) is 30.5 Å². The average molecular weight is 230 g/mol. The van der Waals surface area contributed by atoms with Gasteiger partial charge in [0.25, 0.3) is 0 Å². The summed E-state index contributed by atoms with van der Waals surface area (Å²) in [7, 11) is 1.51. The van der Waals surface area contributed by atoms with Gasteiger partial charge in [0.2, 0.25) is 0 Å². The molecule has 0 unspecified atom stereocenters. The van der Waals surface area contributed by atoms with Crippen molar-refractivity contribution in [2.75, 3.05) is 7.11 Å². The second-order valence-electron chi connectivity index (χ2n) is 3.26. The first-order valence-electron chi connectivity index (χ1n) is 4.91. The highest BCUT2D eigenvalue weighted by atomic mass is 16.5. The summed E-state index contributed by atoms with van der Waals surface area (Å²) >= 11 is 0. The maximum absolute atomic E-state index is 11.1. The molecular formula is C12H10N2O3. The van der Waals surface area contributed by atoms with E-state index < -0.39 is 5.97 Å². The highest BCUT2D eigenvalue weighted by Crippen LogP contribution is 2.28. The molecule has 2 rings (SSSR count). The molecule has 0 aliphatic heterocycles. The fraction of sp³-hybridized carbons (Fsp3) is 0.0833. The quantitative estimate of drug-likeness (QED) is 0.871. The summed E-state index contributed by atoms with van der Waals surface area (Å²) in [5, 5.41) is 9.06. The zero-order valence-corrected chi connectivity index (χ0v) is 9.12. The number of carboxylic acids is 1. The Morgan fingerprint density at radius 3 is 2.65 bits per heavy atom. The number of carbonyl (C=O) groups is 1. The lowest BCUT2D eigenvalue weighted by molar-refractivity contribution is 0.0691. The van der Waals surface area contributed by atoms with Gasteiger partial charge in [0, 0.05) is 18.0 Å². The summed E-state index contributed by atoms with van der Waals surface area (Å²) in [5.74, 6) is -0.573. The van der Waals surface area contributed by atoms with E-state index in [0.717, 1.165) is 0 Å². The summed E-state index contributed by atoms with van der Waals surface area (Å²) in [4.78, 5) is 19.0. The first-order chi connectivity index (χ1) is 8.24. The minimum absolute atomic E-state index is 0.0375. The predicted octanol–water partition coefficient (Wildman–Crippen LogP) is 1.85. The number of ether oxygens (including phenoxy) is 1. The van der Waals surface area contributed by atoms with Crippen LogP contribution in [0.3, 0.4) is 0 Å². The van der Waals surface area contributed by atoms with Crippen molar-refractivity contribution in [1.29, 1.82) is 0 Å². The molecule has 0 bridgehead atoms. The van der Waals surface area contributed by atoms with Gasteiger partial charge < -0.3 is 9.84 Å². The van der Waals surface area contributed by atoms with Crippen LogP contribution in [0.2, 0.25) is 0 Å². The van der Waals surface area contributed by atoms with Crippen LogP contribution in [0.25, 0.3) is 11.3 Å². The van der Waals surface area contributed by atoms with Crippen LogP contribution in [0, 0.1) is 0 Å². The van der Waals surface area contributed by atoms with E-state index in [9.17, 15) is 4.79 Å². The average Bonchev–Trinajstić information content (AvgIpc) is 2.38. The molecular weight excluding hydrogens is 220 g/mol. The SMILES string of the molecule is COc1cccnc1-c1cccnc1C(=O)O. The van der Waals surface area contributed by atoms with Crippen LogP contribution in [0.4, 0.5) is 0 Å².